The van der Waals surface area contributed by atoms with Gasteiger partial charge in [-0.1, -0.05) is 6.07 Å². The van der Waals surface area contributed by atoms with Crippen LogP contribution in [0.2, 0.25) is 0 Å². The van der Waals surface area contributed by atoms with E-state index in [-0.39, 0.29) is 11.6 Å². The number of nitrogens with two attached hydrogens (primary N) is 1. The lowest BCUT2D eigenvalue weighted by Crippen LogP contribution is -2.24. The minimum Gasteiger partial charge on any atom is -0.356 e. The highest BCUT2D eigenvalue weighted by Crippen LogP contribution is 2.12. The van der Waals surface area contributed by atoms with Gasteiger partial charge in [-0.2, -0.15) is 0 Å². The molecule has 0 spiro atoms. The van der Waals surface area contributed by atoms with Crippen molar-refractivity contribution in [2.45, 2.75) is 32.1 Å². The molecule has 6 heteroatoms. The summed E-state index contributed by atoms with van der Waals surface area (Å²) in [6, 6.07) is 5.81. The minimum absolute atomic E-state index is 0.0863. The number of aromatic nitrogens is 2. The maximum absolute atomic E-state index is 11.6. The Morgan fingerprint density at radius 2 is 1.95 bits per heavy atom. The fourth-order valence-corrected chi connectivity index (χ4v) is 2.27. The van der Waals surface area contributed by atoms with Gasteiger partial charge in [-0.05, 0) is 49.9 Å². The van der Waals surface area contributed by atoms with Crippen molar-refractivity contribution in [3.8, 4) is 0 Å². The lowest BCUT2D eigenvalue weighted by atomic mass is 10.1. The highest BCUT2D eigenvalue weighted by molar-refractivity contribution is 5.76. The normalized spacial score (nSPS) is 10.9. The maximum Gasteiger partial charge on any atom is 0.323 e. The van der Waals surface area contributed by atoms with E-state index in [9.17, 15) is 9.59 Å². The number of rotatable bonds is 8. The molecule has 0 saturated carbocycles. The van der Waals surface area contributed by atoms with Gasteiger partial charge in [0.25, 0.3) is 0 Å². The number of hydrogen-bond acceptors (Lipinski definition) is 3. The number of carbonyl (C=O) groups excluding carboxylic acids is 1. The Morgan fingerprint density at radius 3 is 2.76 bits per heavy atom. The van der Waals surface area contributed by atoms with Crippen molar-refractivity contribution in [3.05, 3.63) is 34.2 Å². The van der Waals surface area contributed by atoms with Crippen LogP contribution >= 0.6 is 0 Å². The fourth-order valence-electron chi connectivity index (χ4n) is 2.27. The van der Waals surface area contributed by atoms with Crippen LogP contribution in [-0.2, 0) is 11.2 Å². The molecule has 0 aliphatic rings. The Labute approximate surface area is 123 Å². The average molecular weight is 290 g/mol. The third-order valence-electron chi connectivity index (χ3n) is 3.40. The molecule has 1 amide bonds. The van der Waals surface area contributed by atoms with Gasteiger partial charge in [0.05, 0.1) is 11.0 Å². The molecule has 0 aliphatic carbocycles. The number of aromatic amines is 2. The monoisotopic (exact) mass is 290 g/mol. The molecule has 2 aromatic rings. The molecule has 2 rings (SSSR count). The van der Waals surface area contributed by atoms with E-state index in [1.165, 1.54) is 0 Å². The molecule has 1 aromatic heterocycles. The van der Waals surface area contributed by atoms with Crippen molar-refractivity contribution < 1.29 is 4.79 Å². The second-order valence-corrected chi connectivity index (χ2v) is 5.16. The number of hydrogen-bond donors (Lipinski definition) is 4. The van der Waals surface area contributed by atoms with Gasteiger partial charge in [0.15, 0.2) is 0 Å². The third-order valence-corrected chi connectivity index (χ3v) is 3.40. The first-order chi connectivity index (χ1) is 10.2. The molecule has 0 atom stereocenters. The Bertz CT molecular complexity index is 644. The summed E-state index contributed by atoms with van der Waals surface area (Å²) in [5.74, 6) is 0.0863. The standard InChI is InChI=1S/C15H22N4O2/c16-8-1-2-9-17-14(20)5-3-4-11-6-7-12-13(10-11)19-15(21)18-12/h6-7,10H,1-5,8-9,16H2,(H,17,20)(H2,18,19,21). The van der Waals surface area contributed by atoms with Gasteiger partial charge in [0.1, 0.15) is 0 Å². The van der Waals surface area contributed by atoms with Crippen LogP contribution in [0, 0.1) is 0 Å². The third kappa shape index (κ3) is 4.75. The number of imidazole rings is 1. The smallest absolute Gasteiger partial charge is 0.323 e. The fraction of sp³-hybridized carbons (Fsp3) is 0.467. The van der Waals surface area contributed by atoms with Gasteiger partial charge in [0.2, 0.25) is 5.91 Å². The van der Waals surface area contributed by atoms with Crippen molar-refractivity contribution >= 4 is 16.9 Å². The Kier molecular flexibility index (Phi) is 5.57. The van der Waals surface area contributed by atoms with E-state index >= 15 is 0 Å². The van der Waals surface area contributed by atoms with Crippen molar-refractivity contribution in [2.75, 3.05) is 13.1 Å². The zero-order chi connectivity index (χ0) is 15.1. The Balaban J connectivity index is 1.74. The molecule has 5 N–H and O–H groups in total. The zero-order valence-corrected chi connectivity index (χ0v) is 12.1. The summed E-state index contributed by atoms with van der Waals surface area (Å²) >= 11 is 0. The van der Waals surface area contributed by atoms with Crippen LogP contribution in [0.4, 0.5) is 0 Å². The lowest BCUT2D eigenvalue weighted by Gasteiger charge is -2.05. The van der Waals surface area contributed by atoms with Gasteiger partial charge in [0, 0.05) is 13.0 Å². The summed E-state index contributed by atoms with van der Waals surface area (Å²) in [5, 5.41) is 2.89. The first kappa shape index (κ1) is 15.3. The molecule has 0 bridgehead atoms. The van der Waals surface area contributed by atoms with E-state index in [0.717, 1.165) is 42.3 Å². The maximum atomic E-state index is 11.6. The predicted molar refractivity (Wildman–Crippen MR) is 83.2 cm³/mol. The largest absolute Gasteiger partial charge is 0.356 e. The Morgan fingerprint density at radius 1 is 1.14 bits per heavy atom. The van der Waals surface area contributed by atoms with E-state index in [2.05, 4.69) is 15.3 Å². The van der Waals surface area contributed by atoms with Crippen LogP contribution < -0.4 is 16.7 Å². The summed E-state index contributed by atoms with van der Waals surface area (Å²) < 4.78 is 0. The Hall–Kier alpha value is -2.08. The molecule has 0 unspecified atom stereocenters. The van der Waals surface area contributed by atoms with Crippen molar-refractivity contribution in [3.63, 3.8) is 0 Å². The van der Waals surface area contributed by atoms with Crippen LogP contribution in [0.3, 0.4) is 0 Å². The highest BCUT2D eigenvalue weighted by atomic mass is 16.1. The molecule has 0 fully saturated rings. The minimum atomic E-state index is -0.195. The number of fused-ring (bicyclic) bond motifs is 1. The summed E-state index contributed by atoms with van der Waals surface area (Å²) in [4.78, 5) is 28.2. The second kappa shape index (κ2) is 7.64. The molecule has 1 aromatic carbocycles. The van der Waals surface area contributed by atoms with Crippen LogP contribution in [0.1, 0.15) is 31.2 Å². The summed E-state index contributed by atoms with van der Waals surface area (Å²) in [6.45, 7) is 1.37. The van der Waals surface area contributed by atoms with Crippen molar-refractivity contribution in [1.82, 2.24) is 15.3 Å². The van der Waals surface area contributed by atoms with E-state index in [4.69, 9.17) is 5.73 Å². The predicted octanol–water partition coefficient (Wildman–Crippen LogP) is 1.03. The number of nitrogens with one attached hydrogen (secondary N) is 3. The molecule has 1 heterocycles. The van der Waals surface area contributed by atoms with E-state index in [1.54, 1.807) is 0 Å². The van der Waals surface area contributed by atoms with Crippen LogP contribution in [-0.4, -0.2) is 29.0 Å². The number of aryl methyl sites for hydroxylation is 1. The second-order valence-electron chi connectivity index (χ2n) is 5.16. The van der Waals surface area contributed by atoms with Gasteiger partial charge < -0.3 is 21.0 Å². The average Bonchev–Trinajstić information content (AvgIpc) is 2.83. The van der Waals surface area contributed by atoms with Crippen molar-refractivity contribution in [1.29, 1.82) is 0 Å². The number of unbranched alkanes of at least 4 members (excludes halogenated alkanes) is 1. The summed E-state index contributed by atoms with van der Waals surface area (Å²) in [5.41, 5.74) is 7.93. The quantitative estimate of drug-likeness (QED) is 0.546. The first-order valence-electron chi connectivity index (χ1n) is 7.37. The number of benzene rings is 1. The molecule has 114 valence electrons. The van der Waals surface area contributed by atoms with Crippen LogP contribution in [0.15, 0.2) is 23.0 Å². The van der Waals surface area contributed by atoms with E-state index in [0.29, 0.717) is 19.5 Å². The molecule has 0 aliphatic heterocycles. The van der Waals surface area contributed by atoms with Gasteiger partial charge in [-0.3, -0.25) is 4.79 Å². The molecule has 0 saturated heterocycles. The topological polar surface area (TPSA) is 104 Å². The number of amides is 1. The molecular weight excluding hydrogens is 268 g/mol. The SMILES string of the molecule is NCCCCNC(=O)CCCc1ccc2[nH]c(=O)[nH]c2c1. The molecule has 6 nitrogen and oxygen atoms in total. The lowest BCUT2D eigenvalue weighted by molar-refractivity contribution is -0.121. The van der Waals surface area contributed by atoms with Crippen LogP contribution in [0.25, 0.3) is 11.0 Å². The van der Waals surface area contributed by atoms with Gasteiger partial charge >= 0.3 is 5.69 Å². The molecule has 0 radical (unpaired) electrons. The number of carbonyl (C=O) groups is 1. The number of H-pyrrole nitrogens is 2. The summed E-state index contributed by atoms with van der Waals surface area (Å²) in [6.07, 6.45) is 4.00. The van der Waals surface area contributed by atoms with Crippen molar-refractivity contribution in [2.24, 2.45) is 5.73 Å². The van der Waals surface area contributed by atoms with E-state index < -0.39 is 0 Å². The summed E-state index contributed by atoms with van der Waals surface area (Å²) in [7, 11) is 0. The zero-order valence-electron chi connectivity index (χ0n) is 12.1. The molecule has 21 heavy (non-hydrogen) atoms. The van der Waals surface area contributed by atoms with Crippen LogP contribution in [0.5, 0.6) is 0 Å². The van der Waals surface area contributed by atoms with Gasteiger partial charge in [-0.15, -0.1) is 0 Å². The molecular formula is C15H22N4O2. The highest BCUT2D eigenvalue weighted by Gasteiger charge is 2.03. The van der Waals surface area contributed by atoms with Gasteiger partial charge in [-0.25, -0.2) is 4.79 Å². The first-order valence-corrected chi connectivity index (χ1v) is 7.37. The van der Waals surface area contributed by atoms with E-state index in [1.807, 2.05) is 18.2 Å².